The SMILES string of the molecule is C[C@@]1([C@H]2CCCN2C(=O)OCc2ccccc2)C=CC(=O)O1. The van der Waals surface area contributed by atoms with Crippen LogP contribution >= 0.6 is 0 Å². The van der Waals surface area contributed by atoms with Crippen molar-refractivity contribution in [3.8, 4) is 0 Å². The summed E-state index contributed by atoms with van der Waals surface area (Å²) in [4.78, 5) is 25.4. The second kappa shape index (κ2) is 5.83. The first-order valence-electron chi connectivity index (χ1n) is 7.48. The van der Waals surface area contributed by atoms with Gasteiger partial charge in [-0.1, -0.05) is 30.3 Å². The summed E-state index contributed by atoms with van der Waals surface area (Å²) in [5.74, 6) is -0.355. The highest BCUT2D eigenvalue weighted by molar-refractivity contribution is 5.85. The summed E-state index contributed by atoms with van der Waals surface area (Å²) in [6.07, 6.45) is 4.49. The van der Waals surface area contributed by atoms with Crippen molar-refractivity contribution in [3.05, 3.63) is 48.0 Å². The molecule has 2 aliphatic heterocycles. The maximum Gasteiger partial charge on any atom is 0.410 e. The van der Waals surface area contributed by atoms with Gasteiger partial charge in [0.25, 0.3) is 0 Å². The molecular formula is C17H19NO4. The van der Waals surface area contributed by atoms with Crippen molar-refractivity contribution in [2.75, 3.05) is 6.54 Å². The smallest absolute Gasteiger partial charge is 0.410 e. The van der Waals surface area contributed by atoms with Crippen molar-refractivity contribution < 1.29 is 19.1 Å². The molecule has 0 aliphatic carbocycles. The fourth-order valence-electron chi connectivity index (χ4n) is 3.08. The van der Waals surface area contributed by atoms with Gasteiger partial charge in [-0.05, 0) is 31.4 Å². The molecule has 1 amide bonds. The Bertz CT molecular complexity index is 598. The summed E-state index contributed by atoms with van der Waals surface area (Å²) in [6, 6.07) is 9.40. The molecule has 1 saturated heterocycles. The Morgan fingerprint density at radius 1 is 1.41 bits per heavy atom. The van der Waals surface area contributed by atoms with Crippen molar-refractivity contribution in [2.24, 2.45) is 0 Å². The molecule has 2 atom stereocenters. The molecule has 116 valence electrons. The predicted octanol–water partition coefficient (Wildman–Crippen LogP) is 2.66. The molecule has 5 nitrogen and oxygen atoms in total. The summed E-state index contributed by atoms with van der Waals surface area (Å²) >= 11 is 0. The number of carbonyl (C=O) groups is 2. The zero-order valence-corrected chi connectivity index (χ0v) is 12.5. The van der Waals surface area contributed by atoms with Crippen molar-refractivity contribution in [1.29, 1.82) is 0 Å². The third kappa shape index (κ3) is 2.84. The molecule has 22 heavy (non-hydrogen) atoms. The van der Waals surface area contributed by atoms with Gasteiger partial charge in [-0.3, -0.25) is 0 Å². The van der Waals surface area contributed by atoms with Crippen molar-refractivity contribution in [3.63, 3.8) is 0 Å². The van der Waals surface area contributed by atoms with Crippen LogP contribution in [0.1, 0.15) is 25.3 Å². The molecule has 0 radical (unpaired) electrons. The highest BCUT2D eigenvalue weighted by Gasteiger charge is 2.46. The fraction of sp³-hybridized carbons (Fsp3) is 0.412. The van der Waals surface area contributed by atoms with E-state index >= 15 is 0 Å². The molecule has 1 aromatic carbocycles. The minimum Gasteiger partial charge on any atom is -0.450 e. The molecule has 0 saturated carbocycles. The molecule has 1 fully saturated rings. The third-order valence-corrected chi connectivity index (χ3v) is 4.22. The van der Waals surface area contributed by atoms with Crippen molar-refractivity contribution in [1.82, 2.24) is 4.90 Å². The van der Waals surface area contributed by atoms with Crippen LogP contribution in [0.5, 0.6) is 0 Å². The van der Waals surface area contributed by atoms with Gasteiger partial charge < -0.3 is 14.4 Å². The van der Waals surface area contributed by atoms with Gasteiger partial charge in [-0.2, -0.15) is 0 Å². The van der Waals surface area contributed by atoms with Crippen LogP contribution in [-0.4, -0.2) is 35.2 Å². The number of cyclic esters (lactones) is 1. The van der Waals surface area contributed by atoms with E-state index in [4.69, 9.17) is 9.47 Å². The van der Waals surface area contributed by atoms with Crippen LogP contribution in [-0.2, 0) is 20.9 Å². The van der Waals surface area contributed by atoms with Crippen LogP contribution in [0, 0.1) is 0 Å². The molecule has 5 heteroatoms. The highest BCUT2D eigenvalue weighted by atomic mass is 16.6. The number of carbonyl (C=O) groups excluding carboxylic acids is 2. The standard InChI is InChI=1S/C17H19NO4/c1-17(10-9-15(19)22-17)14-8-5-11-18(14)16(20)21-12-13-6-3-2-4-7-13/h2-4,6-7,9-10,14H,5,8,11-12H2,1H3/t14-,17+/m1/s1. The Labute approximate surface area is 129 Å². The summed E-state index contributed by atoms with van der Waals surface area (Å²) in [6.45, 7) is 2.70. The van der Waals surface area contributed by atoms with Gasteiger partial charge in [0.05, 0.1) is 6.04 Å². The van der Waals surface area contributed by atoms with Gasteiger partial charge in [-0.15, -0.1) is 0 Å². The largest absolute Gasteiger partial charge is 0.450 e. The lowest BCUT2D eigenvalue weighted by Gasteiger charge is -2.34. The van der Waals surface area contributed by atoms with E-state index in [1.54, 1.807) is 11.0 Å². The van der Waals surface area contributed by atoms with Gasteiger partial charge in [-0.25, -0.2) is 9.59 Å². The van der Waals surface area contributed by atoms with E-state index in [2.05, 4.69) is 0 Å². The number of benzene rings is 1. The highest BCUT2D eigenvalue weighted by Crippen LogP contribution is 2.34. The molecular weight excluding hydrogens is 282 g/mol. The molecule has 1 aromatic rings. The molecule has 2 aliphatic rings. The normalized spacial score (nSPS) is 27.0. The lowest BCUT2D eigenvalue weighted by molar-refractivity contribution is -0.148. The Balaban J connectivity index is 1.64. The van der Waals surface area contributed by atoms with Crippen LogP contribution in [0.2, 0.25) is 0 Å². The summed E-state index contributed by atoms with van der Waals surface area (Å²) in [7, 11) is 0. The van der Waals surface area contributed by atoms with E-state index in [1.807, 2.05) is 37.3 Å². The lowest BCUT2D eigenvalue weighted by Crippen LogP contribution is -2.49. The predicted molar refractivity (Wildman–Crippen MR) is 80.0 cm³/mol. The first-order valence-corrected chi connectivity index (χ1v) is 7.48. The molecule has 0 N–H and O–H groups in total. The van der Waals surface area contributed by atoms with Crippen molar-refractivity contribution >= 4 is 12.1 Å². The van der Waals surface area contributed by atoms with E-state index < -0.39 is 5.60 Å². The first-order chi connectivity index (χ1) is 10.6. The third-order valence-electron chi connectivity index (χ3n) is 4.22. The number of nitrogens with zero attached hydrogens (tertiary/aromatic N) is 1. The number of esters is 1. The molecule has 0 bridgehead atoms. The van der Waals surface area contributed by atoms with Crippen LogP contribution in [0.15, 0.2) is 42.5 Å². The van der Waals surface area contributed by atoms with Gasteiger partial charge in [0, 0.05) is 12.6 Å². The Kier molecular flexibility index (Phi) is 3.88. The second-order valence-electron chi connectivity index (χ2n) is 5.83. The number of hydrogen-bond acceptors (Lipinski definition) is 4. The van der Waals surface area contributed by atoms with Crippen LogP contribution in [0.25, 0.3) is 0 Å². The van der Waals surface area contributed by atoms with E-state index in [-0.39, 0.29) is 24.7 Å². The molecule has 0 unspecified atom stereocenters. The zero-order chi connectivity index (χ0) is 15.6. The monoisotopic (exact) mass is 301 g/mol. The fourth-order valence-corrected chi connectivity index (χ4v) is 3.08. The van der Waals surface area contributed by atoms with Gasteiger partial charge >= 0.3 is 12.1 Å². The second-order valence-corrected chi connectivity index (χ2v) is 5.83. The van der Waals surface area contributed by atoms with Gasteiger partial charge in [0.15, 0.2) is 0 Å². The Hall–Kier alpha value is -2.30. The average Bonchev–Trinajstić information content (AvgIpc) is 3.14. The van der Waals surface area contributed by atoms with Crippen LogP contribution < -0.4 is 0 Å². The van der Waals surface area contributed by atoms with E-state index in [1.165, 1.54) is 6.08 Å². The number of likely N-dealkylation sites (tertiary alicyclic amines) is 1. The van der Waals surface area contributed by atoms with Gasteiger partial charge in [0.1, 0.15) is 12.2 Å². The van der Waals surface area contributed by atoms with E-state index in [0.717, 1.165) is 18.4 Å². The lowest BCUT2D eigenvalue weighted by atomic mass is 9.95. The maximum absolute atomic E-state index is 12.3. The minimum absolute atomic E-state index is 0.168. The molecule has 0 aromatic heterocycles. The quantitative estimate of drug-likeness (QED) is 0.805. The van der Waals surface area contributed by atoms with Crippen LogP contribution in [0.3, 0.4) is 0 Å². The summed E-state index contributed by atoms with van der Waals surface area (Å²) < 4.78 is 10.8. The zero-order valence-electron chi connectivity index (χ0n) is 12.5. The molecule has 3 rings (SSSR count). The first kappa shape index (κ1) is 14.6. The van der Waals surface area contributed by atoms with Gasteiger partial charge in [0.2, 0.25) is 0 Å². The Morgan fingerprint density at radius 2 is 2.18 bits per heavy atom. The molecule has 0 spiro atoms. The van der Waals surface area contributed by atoms with E-state index in [0.29, 0.717) is 6.54 Å². The Morgan fingerprint density at radius 3 is 2.86 bits per heavy atom. The van der Waals surface area contributed by atoms with Crippen molar-refractivity contribution in [2.45, 2.75) is 38.0 Å². The molecule has 2 heterocycles. The number of ether oxygens (including phenoxy) is 2. The number of hydrogen-bond donors (Lipinski definition) is 0. The van der Waals surface area contributed by atoms with Crippen LogP contribution in [0.4, 0.5) is 4.79 Å². The average molecular weight is 301 g/mol. The summed E-state index contributed by atoms with van der Waals surface area (Å²) in [5, 5.41) is 0. The number of rotatable bonds is 3. The summed E-state index contributed by atoms with van der Waals surface area (Å²) in [5.41, 5.74) is 0.198. The maximum atomic E-state index is 12.3. The topological polar surface area (TPSA) is 55.8 Å². The number of amides is 1. The van der Waals surface area contributed by atoms with E-state index in [9.17, 15) is 9.59 Å². The minimum atomic E-state index is -0.751.